The van der Waals surface area contributed by atoms with E-state index in [1.165, 1.54) is 26.4 Å². The number of hydrogen-bond acceptors (Lipinski definition) is 8. The Balaban J connectivity index is 1.76. The minimum absolute atomic E-state index is 0.00647. The third kappa shape index (κ3) is 11.6. The summed E-state index contributed by atoms with van der Waals surface area (Å²) in [4.78, 5) is 48.0. The van der Waals surface area contributed by atoms with Crippen molar-refractivity contribution in [3.8, 4) is 5.75 Å². The molecule has 0 saturated heterocycles. The van der Waals surface area contributed by atoms with Gasteiger partial charge < -0.3 is 19.9 Å². The maximum atomic E-state index is 12.6. The first-order chi connectivity index (χ1) is 19.7. The van der Waals surface area contributed by atoms with Crippen LogP contribution < -0.4 is 10.1 Å². The number of aliphatic hydroxyl groups excluding tert-OH is 1. The highest BCUT2D eigenvalue weighted by molar-refractivity contribution is 5.85. The molecule has 2 rings (SSSR count). The van der Waals surface area contributed by atoms with Crippen LogP contribution in [0.5, 0.6) is 5.75 Å². The van der Waals surface area contributed by atoms with Crippen LogP contribution in [0.2, 0.25) is 0 Å². The standard InChI is InChI=1S/C31H46N2O8/c1-4-5-8-11-24(34)17-15-23-16-18-28(35)25(23)12-9-6-7-10-13-30(36)32-26(31(37)41-3)20-22-14-19-29(40-2)27(21-22)33(38)39/h14-15,17,19,21,23-26,34H,4-13,16,18,20H2,1-3H3,(H,32,36)/b17-15+/t23-,24+,25+,26-/m0/s1. The van der Waals surface area contributed by atoms with Gasteiger partial charge in [0.2, 0.25) is 5.91 Å². The van der Waals surface area contributed by atoms with Gasteiger partial charge in [-0.25, -0.2) is 4.79 Å². The number of nitrogens with one attached hydrogen (secondary N) is 1. The highest BCUT2D eigenvalue weighted by Crippen LogP contribution is 2.34. The van der Waals surface area contributed by atoms with E-state index in [2.05, 4.69) is 12.2 Å². The molecule has 1 saturated carbocycles. The first-order valence-corrected chi connectivity index (χ1v) is 14.8. The molecule has 41 heavy (non-hydrogen) atoms. The Morgan fingerprint density at radius 1 is 1.17 bits per heavy atom. The molecular formula is C31H46N2O8. The van der Waals surface area contributed by atoms with Gasteiger partial charge >= 0.3 is 11.7 Å². The summed E-state index contributed by atoms with van der Waals surface area (Å²) in [6.07, 6.45) is 13.2. The van der Waals surface area contributed by atoms with E-state index in [9.17, 15) is 29.6 Å². The molecule has 10 nitrogen and oxygen atoms in total. The summed E-state index contributed by atoms with van der Waals surface area (Å²) in [6.45, 7) is 2.13. The minimum Gasteiger partial charge on any atom is -0.490 e. The molecule has 0 unspecified atom stereocenters. The lowest BCUT2D eigenvalue weighted by Crippen LogP contribution is -2.43. The van der Waals surface area contributed by atoms with Gasteiger partial charge in [-0.2, -0.15) is 0 Å². The van der Waals surface area contributed by atoms with Crippen molar-refractivity contribution in [2.24, 2.45) is 11.8 Å². The van der Waals surface area contributed by atoms with E-state index in [0.29, 0.717) is 24.2 Å². The number of benzene rings is 1. The number of allylic oxidation sites excluding steroid dienone is 1. The average Bonchev–Trinajstić information content (AvgIpc) is 3.31. The second-order valence-electron chi connectivity index (χ2n) is 10.8. The van der Waals surface area contributed by atoms with Gasteiger partial charge in [0.05, 0.1) is 25.2 Å². The normalized spacial score (nSPS) is 18.3. The lowest BCUT2D eigenvalue weighted by Gasteiger charge is -2.17. The number of hydrogen-bond donors (Lipinski definition) is 2. The number of nitro groups is 1. The summed E-state index contributed by atoms with van der Waals surface area (Å²) in [5.41, 5.74) is 0.274. The molecule has 1 aromatic carbocycles. The molecule has 1 aliphatic carbocycles. The number of unbranched alkanes of at least 4 members (excludes halogenated alkanes) is 5. The molecule has 1 aromatic rings. The summed E-state index contributed by atoms with van der Waals surface area (Å²) < 4.78 is 9.84. The van der Waals surface area contributed by atoms with Gasteiger partial charge in [0.1, 0.15) is 11.8 Å². The Morgan fingerprint density at radius 3 is 2.61 bits per heavy atom. The number of nitrogens with zero attached hydrogens (tertiary/aromatic N) is 1. The third-order valence-electron chi connectivity index (χ3n) is 7.71. The summed E-state index contributed by atoms with van der Waals surface area (Å²) in [5.74, 6) is -0.315. The van der Waals surface area contributed by atoms with Gasteiger partial charge in [0.25, 0.3) is 0 Å². The third-order valence-corrected chi connectivity index (χ3v) is 7.71. The van der Waals surface area contributed by atoms with Gasteiger partial charge in [-0.15, -0.1) is 0 Å². The molecule has 2 N–H and O–H groups in total. The highest BCUT2D eigenvalue weighted by atomic mass is 16.6. The van der Waals surface area contributed by atoms with Crippen molar-refractivity contribution in [2.45, 2.75) is 103 Å². The summed E-state index contributed by atoms with van der Waals surface area (Å²) >= 11 is 0. The number of carbonyl (C=O) groups excluding carboxylic acids is 3. The zero-order valence-corrected chi connectivity index (χ0v) is 24.6. The van der Waals surface area contributed by atoms with Crippen molar-refractivity contribution >= 4 is 23.3 Å². The first kappa shape index (κ1) is 33.9. The Labute approximate surface area is 243 Å². The van der Waals surface area contributed by atoms with Crippen LogP contribution in [0.15, 0.2) is 30.4 Å². The Morgan fingerprint density at radius 2 is 1.93 bits per heavy atom. The largest absolute Gasteiger partial charge is 0.490 e. The second-order valence-corrected chi connectivity index (χ2v) is 10.8. The molecule has 4 atom stereocenters. The van der Waals surface area contributed by atoms with Gasteiger partial charge in [-0.1, -0.05) is 63.7 Å². The molecule has 1 fully saturated rings. The maximum Gasteiger partial charge on any atom is 0.328 e. The number of esters is 1. The van der Waals surface area contributed by atoms with Crippen LogP contribution in [0.25, 0.3) is 0 Å². The Hall–Kier alpha value is -3.27. The molecule has 1 aliphatic rings. The molecule has 228 valence electrons. The fourth-order valence-corrected chi connectivity index (χ4v) is 5.36. The van der Waals surface area contributed by atoms with Crippen molar-refractivity contribution in [1.82, 2.24) is 5.32 Å². The fraction of sp³-hybridized carbons (Fsp3) is 0.645. The van der Waals surface area contributed by atoms with Crippen LogP contribution >= 0.6 is 0 Å². The molecule has 0 aromatic heterocycles. The summed E-state index contributed by atoms with van der Waals surface area (Å²) in [5, 5.41) is 24.2. The first-order valence-electron chi connectivity index (χ1n) is 14.8. The number of carbonyl (C=O) groups is 3. The number of nitro benzene ring substituents is 1. The lowest BCUT2D eigenvalue weighted by atomic mass is 9.89. The number of rotatable bonds is 19. The van der Waals surface area contributed by atoms with Crippen molar-refractivity contribution in [3.05, 3.63) is 46.0 Å². The Bertz CT molecular complexity index is 1040. The molecule has 0 aliphatic heterocycles. The number of amides is 1. The van der Waals surface area contributed by atoms with Gasteiger partial charge in [-0.05, 0) is 43.2 Å². The van der Waals surface area contributed by atoms with Gasteiger partial charge in [0, 0.05) is 31.2 Å². The maximum absolute atomic E-state index is 12.6. The smallest absolute Gasteiger partial charge is 0.328 e. The van der Waals surface area contributed by atoms with Gasteiger partial charge in [-0.3, -0.25) is 19.7 Å². The second kappa shape index (κ2) is 18.2. The Kier molecular flexibility index (Phi) is 15.1. The van der Waals surface area contributed by atoms with E-state index in [-0.39, 0.29) is 42.0 Å². The van der Waals surface area contributed by atoms with Crippen molar-refractivity contribution < 1.29 is 33.9 Å². The summed E-state index contributed by atoms with van der Waals surface area (Å²) in [6, 6.07) is 3.42. The number of Topliss-reactive ketones (excluding diaryl/α,β-unsaturated/α-hetero) is 1. The molecule has 1 amide bonds. The van der Waals surface area contributed by atoms with Crippen molar-refractivity contribution in [1.29, 1.82) is 0 Å². The van der Waals surface area contributed by atoms with E-state index < -0.39 is 23.0 Å². The van der Waals surface area contributed by atoms with Crippen LogP contribution in [-0.2, 0) is 25.5 Å². The van der Waals surface area contributed by atoms with Crippen molar-refractivity contribution in [3.63, 3.8) is 0 Å². The molecular weight excluding hydrogens is 528 g/mol. The van der Waals surface area contributed by atoms with Crippen LogP contribution in [0.1, 0.15) is 89.5 Å². The van der Waals surface area contributed by atoms with E-state index in [1.54, 1.807) is 6.07 Å². The van der Waals surface area contributed by atoms with Gasteiger partial charge in [0.15, 0.2) is 5.75 Å². The topological polar surface area (TPSA) is 145 Å². The van der Waals surface area contributed by atoms with Crippen molar-refractivity contribution in [2.75, 3.05) is 14.2 Å². The molecule has 0 bridgehead atoms. The average molecular weight is 575 g/mol. The number of methoxy groups -OCH3 is 2. The molecule has 10 heteroatoms. The quantitative estimate of drug-likeness (QED) is 0.0750. The lowest BCUT2D eigenvalue weighted by molar-refractivity contribution is -0.385. The van der Waals surface area contributed by atoms with Crippen LogP contribution in [0.4, 0.5) is 5.69 Å². The number of ketones is 1. The van der Waals surface area contributed by atoms with Crippen LogP contribution in [-0.4, -0.2) is 54.1 Å². The SMILES string of the molecule is CCCCC[C@@H](O)/C=C/[C@H]1CCC(=O)[C@@H]1CCCCCCC(=O)N[C@@H](Cc1ccc(OC)c([N+](=O)[O-])c1)C(=O)OC. The molecule has 0 heterocycles. The van der Waals surface area contributed by atoms with Crippen LogP contribution in [0, 0.1) is 22.0 Å². The van der Waals surface area contributed by atoms with E-state index in [4.69, 9.17) is 9.47 Å². The molecule has 0 radical (unpaired) electrons. The minimum atomic E-state index is -0.968. The zero-order chi connectivity index (χ0) is 30.2. The number of aliphatic hydroxyl groups is 1. The molecule has 0 spiro atoms. The van der Waals surface area contributed by atoms with E-state index in [1.807, 2.05) is 12.2 Å². The predicted octanol–water partition coefficient (Wildman–Crippen LogP) is 5.24. The number of ether oxygens (including phenoxy) is 2. The predicted molar refractivity (Wildman–Crippen MR) is 156 cm³/mol. The van der Waals surface area contributed by atoms with Crippen LogP contribution in [0.3, 0.4) is 0 Å². The monoisotopic (exact) mass is 574 g/mol. The van der Waals surface area contributed by atoms with E-state index in [0.717, 1.165) is 57.8 Å². The van der Waals surface area contributed by atoms with E-state index >= 15 is 0 Å². The zero-order valence-electron chi connectivity index (χ0n) is 24.6. The fourth-order valence-electron chi connectivity index (χ4n) is 5.36. The summed E-state index contributed by atoms with van der Waals surface area (Å²) in [7, 11) is 2.56. The highest BCUT2D eigenvalue weighted by Gasteiger charge is 2.32.